The summed E-state index contributed by atoms with van der Waals surface area (Å²) in [6.07, 6.45) is 3.97. The van der Waals surface area contributed by atoms with Gasteiger partial charge in [-0.05, 0) is 36.9 Å². The predicted molar refractivity (Wildman–Crippen MR) is 107 cm³/mol. The number of hydrogen-bond acceptors (Lipinski definition) is 7. The van der Waals surface area contributed by atoms with Crippen molar-refractivity contribution in [3.8, 4) is 5.75 Å². The van der Waals surface area contributed by atoms with Gasteiger partial charge in [0.15, 0.2) is 17.2 Å². The van der Waals surface area contributed by atoms with E-state index in [1.54, 1.807) is 26.3 Å². The van der Waals surface area contributed by atoms with Crippen LogP contribution in [0, 0.1) is 0 Å². The molecule has 2 atom stereocenters. The van der Waals surface area contributed by atoms with E-state index in [4.69, 9.17) is 18.9 Å². The molecule has 2 unspecified atom stereocenters. The highest BCUT2D eigenvalue weighted by atomic mass is 16.6. The molecule has 0 bridgehead atoms. The zero-order valence-electron chi connectivity index (χ0n) is 17.3. The molecule has 3 aliphatic rings. The summed E-state index contributed by atoms with van der Waals surface area (Å²) in [5.41, 5.74) is -2.15. The molecule has 2 saturated heterocycles. The van der Waals surface area contributed by atoms with Crippen LogP contribution in [0.25, 0.3) is 0 Å². The van der Waals surface area contributed by atoms with E-state index in [1.807, 2.05) is 24.3 Å². The summed E-state index contributed by atoms with van der Waals surface area (Å²) in [7, 11) is 6.21. The fourth-order valence-electron chi connectivity index (χ4n) is 4.51. The third-order valence-electron chi connectivity index (χ3n) is 5.91. The van der Waals surface area contributed by atoms with Gasteiger partial charge in [-0.2, -0.15) is 0 Å². The Morgan fingerprint density at radius 3 is 2.17 bits per heavy atom. The molecule has 1 aromatic carbocycles. The molecule has 30 heavy (non-hydrogen) atoms. The van der Waals surface area contributed by atoms with Crippen LogP contribution in [0.3, 0.4) is 0 Å². The molecule has 1 spiro atoms. The molecule has 2 amide bonds. The van der Waals surface area contributed by atoms with Crippen LogP contribution in [-0.4, -0.2) is 57.2 Å². The maximum atomic E-state index is 12.5. The number of carbonyl (C=O) groups excluding carboxylic acids is 2. The van der Waals surface area contributed by atoms with Crippen LogP contribution in [0.15, 0.2) is 47.9 Å². The Balaban J connectivity index is 1.78. The summed E-state index contributed by atoms with van der Waals surface area (Å²) in [5, 5.41) is 9.16. The molecule has 0 aromatic heterocycles. The van der Waals surface area contributed by atoms with Crippen molar-refractivity contribution in [2.24, 2.45) is 0 Å². The molecule has 9 heteroatoms. The quantitative estimate of drug-likeness (QED) is 0.635. The van der Waals surface area contributed by atoms with Crippen molar-refractivity contribution < 1.29 is 28.5 Å². The number of methoxy groups -OCH3 is 3. The number of Topliss-reactive ketones (excluding diaryl/α,β-unsaturated/α-hetero) is 1. The first kappa shape index (κ1) is 20.2. The number of nitrogens with one attached hydrogen (secondary N) is 3. The van der Waals surface area contributed by atoms with Gasteiger partial charge < -0.3 is 29.6 Å². The maximum absolute atomic E-state index is 12.5. The monoisotopic (exact) mass is 415 g/mol. The number of ketones is 1. The van der Waals surface area contributed by atoms with Crippen molar-refractivity contribution in [1.82, 2.24) is 16.0 Å². The summed E-state index contributed by atoms with van der Waals surface area (Å²) in [6.45, 7) is 0. The normalized spacial score (nSPS) is 28.9. The number of rotatable bonds is 6. The second kappa shape index (κ2) is 7.03. The molecule has 4 rings (SSSR count). The molecule has 3 N–H and O–H groups in total. The maximum Gasteiger partial charge on any atom is 0.318 e. The van der Waals surface area contributed by atoms with Crippen LogP contribution in [-0.2, 0) is 25.4 Å². The fourth-order valence-corrected chi connectivity index (χ4v) is 4.51. The van der Waals surface area contributed by atoms with Gasteiger partial charge in [-0.25, -0.2) is 4.79 Å². The SMILES string of the molecule is CNC12CC3(C=C(OC)C(=O)C(OC)=C3)OC1(Cc1ccc(OC)cc1)NC(=O)N2. The van der Waals surface area contributed by atoms with E-state index in [9.17, 15) is 9.59 Å². The number of likely N-dealkylation sites (N-methyl/N-ethyl adjacent to an activating group) is 1. The van der Waals surface area contributed by atoms with E-state index >= 15 is 0 Å². The summed E-state index contributed by atoms with van der Waals surface area (Å²) >= 11 is 0. The largest absolute Gasteiger partial charge is 0.497 e. The molecule has 160 valence electrons. The molecule has 0 saturated carbocycles. The number of hydrogen-bond donors (Lipinski definition) is 3. The third-order valence-corrected chi connectivity index (χ3v) is 5.91. The van der Waals surface area contributed by atoms with Crippen molar-refractivity contribution >= 4 is 11.8 Å². The lowest BCUT2D eigenvalue weighted by molar-refractivity contribution is -0.120. The Morgan fingerprint density at radius 2 is 1.63 bits per heavy atom. The Bertz CT molecular complexity index is 917. The van der Waals surface area contributed by atoms with Crippen molar-refractivity contribution in [2.45, 2.75) is 29.8 Å². The number of fused-ring (bicyclic) bond motifs is 1. The zero-order chi connectivity index (χ0) is 21.6. The third kappa shape index (κ3) is 2.93. The second-order valence-electron chi connectivity index (χ2n) is 7.57. The lowest BCUT2D eigenvalue weighted by Gasteiger charge is -2.37. The number of carbonyl (C=O) groups is 2. The van der Waals surface area contributed by atoms with Gasteiger partial charge in [0.25, 0.3) is 5.78 Å². The molecule has 2 heterocycles. The zero-order valence-corrected chi connectivity index (χ0v) is 17.3. The average molecular weight is 415 g/mol. The van der Waals surface area contributed by atoms with E-state index in [1.165, 1.54) is 14.2 Å². The first-order valence-corrected chi connectivity index (χ1v) is 9.54. The van der Waals surface area contributed by atoms with Crippen LogP contribution in [0.5, 0.6) is 5.75 Å². The Hall–Kier alpha value is -3.04. The standard InChI is InChI=1S/C21H25N3O6/c1-22-20-12-19(10-15(28-3)17(25)16(11-19)29-4)30-21(20,24-18(26)23-20)9-13-5-7-14(27-2)8-6-13/h5-8,10-11,22H,9,12H2,1-4H3,(H2,23,24,26). The summed E-state index contributed by atoms with van der Waals surface area (Å²) in [4.78, 5) is 24.8. The van der Waals surface area contributed by atoms with Gasteiger partial charge in [-0.15, -0.1) is 0 Å². The smallest absolute Gasteiger partial charge is 0.318 e. The molecule has 2 aliphatic heterocycles. The van der Waals surface area contributed by atoms with Crippen molar-refractivity contribution in [1.29, 1.82) is 0 Å². The fraction of sp³-hybridized carbons (Fsp3) is 0.429. The van der Waals surface area contributed by atoms with E-state index in [2.05, 4.69) is 16.0 Å². The molecular formula is C21H25N3O6. The highest BCUT2D eigenvalue weighted by molar-refractivity contribution is 6.06. The van der Waals surface area contributed by atoms with Gasteiger partial charge in [-0.1, -0.05) is 12.1 Å². The topological polar surface area (TPSA) is 107 Å². The lowest BCUT2D eigenvalue weighted by atomic mass is 9.84. The van der Waals surface area contributed by atoms with E-state index < -0.39 is 17.0 Å². The molecule has 1 aliphatic carbocycles. The molecule has 1 aromatic rings. The minimum atomic E-state index is -1.13. The average Bonchev–Trinajstić information content (AvgIpc) is 3.13. The molecule has 2 fully saturated rings. The van der Waals surface area contributed by atoms with Gasteiger partial charge >= 0.3 is 6.03 Å². The van der Waals surface area contributed by atoms with Crippen molar-refractivity contribution in [3.63, 3.8) is 0 Å². The van der Waals surface area contributed by atoms with Gasteiger partial charge in [0, 0.05) is 12.8 Å². The minimum Gasteiger partial charge on any atom is -0.497 e. The Kier molecular flexibility index (Phi) is 4.74. The van der Waals surface area contributed by atoms with Crippen molar-refractivity contribution in [3.05, 3.63) is 53.5 Å². The first-order chi connectivity index (χ1) is 14.3. The van der Waals surface area contributed by atoms with E-state index in [0.29, 0.717) is 12.8 Å². The summed E-state index contributed by atoms with van der Waals surface area (Å²) < 4.78 is 22.4. The number of ether oxygens (including phenoxy) is 4. The van der Waals surface area contributed by atoms with Crippen LogP contribution in [0.1, 0.15) is 12.0 Å². The number of amides is 2. The van der Waals surface area contributed by atoms with E-state index in [-0.39, 0.29) is 23.3 Å². The lowest BCUT2D eigenvalue weighted by Crippen LogP contribution is -2.65. The second-order valence-corrected chi connectivity index (χ2v) is 7.57. The first-order valence-electron chi connectivity index (χ1n) is 9.54. The number of urea groups is 1. The molecule has 9 nitrogen and oxygen atoms in total. The highest BCUT2D eigenvalue weighted by Crippen LogP contribution is 2.50. The van der Waals surface area contributed by atoms with Crippen LogP contribution in [0.4, 0.5) is 4.79 Å². The predicted octanol–water partition coefficient (Wildman–Crippen LogP) is 0.965. The van der Waals surface area contributed by atoms with Crippen LogP contribution >= 0.6 is 0 Å². The van der Waals surface area contributed by atoms with Gasteiger partial charge in [-0.3, -0.25) is 10.1 Å². The van der Waals surface area contributed by atoms with Gasteiger partial charge in [0.05, 0.1) is 21.3 Å². The highest BCUT2D eigenvalue weighted by Gasteiger charge is 2.69. The molecular weight excluding hydrogens is 390 g/mol. The minimum absolute atomic E-state index is 0.131. The van der Waals surface area contributed by atoms with Crippen LogP contribution < -0.4 is 20.7 Å². The summed E-state index contributed by atoms with van der Waals surface area (Å²) in [5.74, 6) is 0.642. The Morgan fingerprint density at radius 1 is 1.00 bits per heavy atom. The van der Waals surface area contributed by atoms with E-state index in [0.717, 1.165) is 11.3 Å². The van der Waals surface area contributed by atoms with Crippen molar-refractivity contribution in [2.75, 3.05) is 28.4 Å². The number of benzene rings is 1. The van der Waals surface area contributed by atoms with Gasteiger partial charge in [0.2, 0.25) is 0 Å². The van der Waals surface area contributed by atoms with Crippen LogP contribution in [0.2, 0.25) is 0 Å². The Labute approximate surface area is 174 Å². The summed E-state index contributed by atoms with van der Waals surface area (Å²) in [6, 6.07) is 7.21. The van der Waals surface area contributed by atoms with Gasteiger partial charge in [0.1, 0.15) is 17.0 Å². The molecule has 0 radical (unpaired) electrons.